The van der Waals surface area contributed by atoms with Gasteiger partial charge in [0.2, 0.25) is 0 Å². The van der Waals surface area contributed by atoms with Gasteiger partial charge in [0.05, 0.1) is 30.4 Å². The van der Waals surface area contributed by atoms with Crippen LogP contribution in [0.4, 0.5) is 10.2 Å². The molecule has 2 N–H and O–H groups in total. The number of hydrogen-bond acceptors (Lipinski definition) is 6. The maximum atomic E-state index is 14.3. The van der Waals surface area contributed by atoms with Gasteiger partial charge in [-0.3, -0.25) is 0 Å². The Morgan fingerprint density at radius 1 is 1.27 bits per heavy atom. The molecule has 10 heteroatoms. The number of pyridine rings is 1. The summed E-state index contributed by atoms with van der Waals surface area (Å²) in [6.07, 6.45) is 9.33. The summed E-state index contributed by atoms with van der Waals surface area (Å²) < 4.78 is 28.8. The molecule has 0 bridgehead atoms. The molecule has 0 spiro atoms. The minimum atomic E-state index is -0.955. The van der Waals surface area contributed by atoms with Crippen molar-refractivity contribution in [3.05, 3.63) is 35.5 Å². The van der Waals surface area contributed by atoms with E-state index in [-0.39, 0.29) is 11.9 Å². The Labute approximate surface area is 181 Å². The van der Waals surface area contributed by atoms with Crippen molar-refractivity contribution in [1.29, 1.82) is 0 Å². The highest BCUT2D eigenvalue weighted by Gasteiger charge is 2.37. The third kappa shape index (κ3) is 3.99. The number of rotatable bonds is 6. The number of nitrogens with zero attached hydrogens (tertiary/aromatic N) is 4. The molecule has 1 atom stereocenters. The third-order valence-corrected chi connectivity index (χ3v) is 7.65. The van der Waals surface area contributed by atoms with Crippen LogP contribution in [0.3, 0.4) is 0 Å². The predicted octanol–water partition coefficient (Wildman–Crippen LogP) is 3.76. The zero-order valence-electron chi connectivity index (χ0n) is 16.3. The SMILES string of the molecule is [O-][S+](CC1CCCC1)N1CC(Nc2nc(-c3c[nH]c4ncc(Cl)cc34)ncc2F)C1. The van der Waals surface area contributed by atoms with Crippen LogP contribution in [0.15, 0.2) is 24.7 Å². The number of aromatic amines is 1. The molecule has 0 aromatic carbocycles. The normalized spacial score (nSPS) is 19.3. The lowest BCUT2D eigenvalue weighted by Crippen LogP contribution is -2.57. The van der Waals surface area contributed by atoms with Crippen molar-refractivity contribution in [2.75, 3.05) is 24.2 Å². The first-order valence-corrected chi connectivity index (χ1v) is 11.8. The minimum Gasteiger partial charge on any atom is -0.598 e. The lowest BCUT2D eigenvalue weighted by molar-refractivity contribution is 0.277. The van der Waals surface area contributed by atoms with Gasteiger partial charge in [0, 0.05) is 40.6 Å². The molecular weight excluding hydrogens is 427 g/mol. The standard InChI is InChI=1S/C20H22ClFN6OS/c21-13-5-15-16(7-24-18(15)23-6-13)19-25-8-17(22)20(27-19)26-14-9-28(10-14)30(29)11-12-3-1-2-4-12/h5-8,12,14H,1-4,9-11H2,(H,23,24)(H,25,26,27). The van der Waals surface area contributed by atoms with E-state index in [1.165, 1.54) is 25.7 Å². The highest BCUT2D eigenvalue weighted by atomic mass is 35.5. The van der Waals surface area contributed by atoms with Gasteiger partial charge in [-0.25, -0.2) is 19.3 Å². The van der Waals surface area contributed by atoms with E-state index in [1.54, 1.807) is 18.5 Å². The summed E-state index contributed by atoms with van der Waals surface area (Å²) in [5, 5.41) is 4.41. The molecule has 2 fully saturated rings. The van der Waals surface area contributed by atoms with Crippen molar-refractivity contribution < 1.29 is 8.94 Å². The second-order valence-corrected chi connectivity index (χ2v) is 9.90. The number of aromatic nitrogens is 4. The molecule has 7 nitrogen and oxygen atoms in total. The molecule has 5 rings (SSSR count). The van der Waals surface area contributed by atoms with Gasteiger partial charge in [-0.15, -0.1) is 4.31 Å². The summed E-state index contributed by atoms with van der Waals surface area (Å²) in [6, 6.07) is 1.78. The molecule has 4 heterocycles. The van der Waals surface area contributed by atoms with Crippen LogP contribution in [-0.2, 0) is 11.4 Å². The predicted molar refractivity (Wildman–Crippen MR) is 116 cm³/mol. The number of H-pyrrole nitrogens is 1. The van der Waals surface area contributed by atoms with Gasteiger partial charge in [0.15, 0.2) is 17.5 Å². The van der Waals surface area contributed by atoms with Crippen LogP contribution < -0.4 is 5.32 Å². The van der Waals surface area contributed by atoms with E-state index in [0.29, 0.717) is 41.1 Å². The van der Waals surface area contributed by atoms with Crippen LogP contribution in [0.2, 0.25) is 5.02 Å². The quantitative estimate of drug-likeness (QED) is 0.558. The summed E-state index contributed by atoms with van der Waals surface area (Å²) in [7, 11) is 0. The zero-order valence-corrected chi connectivity index (χ0v) is 17.8. The van der Waals surface area contributed by atoms with Gasteiger partial charge in [-0.1, -0.05) is 24.4 Å². The molecule has 1 aliphatic carbocycles. The fourth-order valence-electron chi connectivity index (χ4n) is 4.13. The maximum absolute atomic E-state index is 14.3. The molecule has 3 aromatic heterocycles. The molecule has 1 unspecified atom stereocenters. The van der Waals surface area contributed by atoms with Gasteiger partial charge in [0.25, 0.3) is 0 Å². The first-order valence-electron chi connectivity index (χ1n) is 10.1. The smallest absolute Gasteiger partial charge is 0.183 e. The van der Waals surface area contributed by atoms with E-state index in [9.17, 15) is 8.94 Å². The minimum absolute atomic E-state index is 0.00820. The monoisotopic (exact) mass is 448 g/mol. The number of fused-ring (bicyclic) bond motifs is 1. The van der Waals surface area contributed by atoms with Crippen molar-refractivity contribution >= 4 is 39.8 Å². The second-order valence-electron chi connectivity index (χ2n) is 7.97. The van der Waals surface area contributed by atoms with Gasteiger partial charge in [-0.05, 0) is 18.9 Å². The van der Waals surface area contributed by atoms with Crippen molar-refractivity contribution in [1.82, 2.24) is 24.2 Å². The first kappa shape index (κ1) is 20.0. The van der Waals surface area contributed by atoms with Crippen molar-refractivity contribution in [2.24, 2.45) is 5.92 Å². The molecular formula is C20H22ClFN6OS. The second kappa shape index (κ2) is 8.30. The van der Waals surface area contributed by atoms with Gasteiger partial charge in [-0.2, -0.15) is 0 Å². The van der Waals surface area contributed by atoms with Gasteiger partial charge >= 0.3 is 0 Å². The molecule has 30 heavy (non-hydrogen) atoms. The van der Waals surface area contributed by atoms with E-state index in [1.807, 2.05) is 4.31 Å². The Kier molecular flexibility index (Phi) is 5.53. The van der Waals surface area contributed by atoms with Crippen molar-refractivity contribution in [3.8, 4) is 11.4 Å². The topological polar surface area (TPSA) is 92.8 Å². The molecule has 1 saturated heterocycles. The van der Waals surface area contributed by atoms with E-state index >= 15 is 0 Å². The largest absolute Gasteiger partial charge is 0.598 e. The van der Waals surface area contributed by atoms with E-state index < -0.39 is 17.2 Å². The molecule has 3 aromatic rings. The van der Waals surface area contributed by atoms with Crippen LogP contribution in [-0.4, -0.2) is 53.7 Å². The summed E-state index contributed by atoms with van der Waals surface area (Å²) in [5.41, 5.74) is 1.37. The Balaban J connectivity index is 1.26. The fourth-order valence-corrected chi connectivity index (χ4v) is 5.93. The lowest BCUT2D eigenvalue weighted by Gasteiger charge is -2.39. The molecule has 2 aliphatic rings. The summed E-state index contributed by atoms with van der Waals surface area (Å²) >= 11 is 5.10. The summed E-state index contributed by atoms with van der Waals surface area (Å²) in [4.78, 5) is 15.8. The van der Waals surface area contributed by atoms with Crippen molar-refractivity contribution in [2.45, 2.75) is 31.7 Å². The van der Waals surface area contributed by atoms with E-state index in [4.69, 9.17) is 11.6 Å². The maximum Gasteiger partial charge on any atom is 0.183 e. The van der Waals surface area contributed by atoms with Gasteiger partial charge < -0.3 is 14.9 Å². The molecule has 1 saturated carbocycles. The Morgan fingerprint density at radius 2 is 2.07 bits per heavy atom. The average molecular weight is 449 g/mol. The number of hydrogen-bond donors (Lipinski definition) is 2. The Bertz CT molecular complexity index is 1050. The third-order valence-electron chi connectivity index (χ3n) is 5.81. The number of halogens is 2. The molecule has 1 aliphatic heterocycles. The first-order chi connectivity index (χ1) is 14.6. The molecule has 158 valence electrons. The van der Waals surface area contributed by atoms with Crippen LogP contribution in [0.25, 0.3) is 22.4 Å². The zero-order chi connectivity index (χ0) is 20.7. The van der Waals surface area contributed by atoms with Crippen LogP contribution in [0, 0.1) is 11.7 Å². The molecule has 0 amide bonds. The number of anilines is 1. The van der Waals surface area contributed by atoms with E-state index in [2.05, 4.69) is 25.3 Å². The van der Waals surface area contributed by atoms with E-state index in [0.717, 1.165) is 17.3 Å². The lowest BCUT2D eigenvalue weighted by atomic mass is 10.1. The Morgan fingerprint density at radius 3 is 2.87 bits per heavy atom. The highest BCUT2D eigenvalue weighted by molar-refractivity contribution is 7.89. The van der Waals surface area contributed by atoms with Crippen LogP contribution in [0.1, 0.15) is 25.7 Å². The Hall–Kier alpha value is -1.94. The van der Waals surface area contributed by atoms with Crippen molar-refractivity contribution in [3.63, 3.8) is 0 Å². The van der Waals surface area contributed by atoms with Gasteiger partial charge in [0.1, 0.15) is 11.4 Å². The average Bonchev–Trinajstić information content (AvgIpc) is 3.35. The van der Waals surface area contributed by atoms with Crippen LogP contribution in [0.5, 0.6) is 0 Å². The van der Waals surface area contributed by atoms with Crippen LogP contribution >= 0.6 is 11.6 Å². The fraction of sp³-hybridized carbons (Fsp3) is 0.450. The molecule has 0 radical (unpaired) electrons. The summed E-state index contributed by atoms with van der Waals surface area (Å²) in [6.45, 7) is 1.23. The highest BCUT2D eigenvalue weighted by Crippen LogP contribution is 2.30. The summed E-state index contributed by atoms with van der Waals surface area (Å²) in [5.74, 6) is 1.35. The number of nitrogens with one attached hydrogen (secondary N) is 2.